The van der Waals surface area contributed by atoms with E-state index in [1.807, 2.05) is 19.1 Å². The molecule has 0 unspecified atom stereocenters. The number of aromatic nitrogens is 1. The zero-order chi connectivity index (χ0) is 13.7. The first-order valence-corrected chi connectivity index (χ1v) is 6.78. The molecule has 19 heavy (non-hydrogen) atoms. The van der Waals surface area contributed by atoms with Gasteiger partial charge in [0.05, 0.1) is 19.4 Å². The quantitative estimate of drug-likeness (QED) is 0.840. The van der Waals surface area contributed by atoms with Gasteiger partial charge in [-0.05, 0) is 6.92 Å². The van der Waals surface area contributed by atoms with Crippen molar-refractivity contribution in [3.8, 4) is 5.75 Å². The van der Waals surface area contributed by atoms with Crippen LogP contribution in [0.25, 0.3) is 0 Å². The van der Waals surface area contributed by atoms with Gasteiger partial charge in [-0.2, -0.15) is 0 Å². The maximum atomic E-state index is 8.93. The predicted octanol–water partition coefficient (Wildman–Crippen LogP) is 0.509. The van der Waals surface area contributed by atoms with Gasteiger partial charge in [-0.3, -0.25) is 14.8 Å². The number of aryl methyl sites for hydroxylation is 1. The summed E-state index contributed by atoms with van der Waals surface area (Å²) in [6, 6.07) is 3.95. The lowest BCUT2D eigenvalue weighted by Gasteiger charge is -2.34. The summed E-state index contributed by atoms with van der Waals surface area (Å²) >= 11 is 0. The number of ether oxygens (including phenoxy) is 1. The van der Waals surface area contributed by atoms with Crippen LogP contribution in [0.5, 0.6) is 5.75 Å². The lowest BCUT2D eigenvalue weighted by molar-refractivity contribution is 0.107. The van der Waals surface area contributed by atoms with Gasteiger partial charge < -0.3 is 9.84 Å². The number of nitrogens with zero attached hydrogens (tertiary/aromatic N) is 3. The van der Waals surface area contributed by atoms with E-state index in [-0.39, 0.29) is 6.61 Å². The molecule has 1 aliphatic rings. The summed E-state index contributed by atoms with van der Waals surface area (Å²) in [4.78, 5) is 9.25. The van der Waals surface area contributed by atoms with Gasteiger partial charge in [0.25, 0.3) is 0 Å². The fourth-order valence-electron chi connectivity index (χ4n) is 2.44. The molecule has 1 N–H and O–H groups in total. The van der Waals surface area contributed by atoms with E-state index >= 15 is 0 Å². The third-order valence-corrected chi connectivity index (χ3v) is 3.48. The molecule has 1 aliphatic heterocycles. The number of hydrogen-bond acceptors (Lipinski definition) is 5. The monoisotopic (exact) mass is 265 g/mol. The van der Waals surface area contributed by atoms with E-state index in [9.17, 15) is 0 Å². The highest BCUT2D eigenvalue weighted by molar-refractivity contribution is 5.26. The van der Waals surface area contributed by atoms with Crippen LogP contribution in [0.15, 0.2) is 12.1 Å². The van der Waals surface area contributed by atoms with Crippen LogP contribution in [0.4, 0.5) is 0 Å². The van der Waals surface area contributed by atoms with E-state index in [4.69, 9.17) is 9.84 Å². The Balaban J connectivity index is 1.90. The molecule has 5 heteroatoms. The maximum Gasteiger partial charge on any atom is 0.122 e. The van der Waals surface area contributed by atoms with Gasteiger partial charge in [-0.1, -0.05) is 0 Å². The first kappa shape index (κ1) is 14.2. The Labute approximate surface area is 114 Å². The second-order valence-electron chi connectivity index (χ2n) is 4.98. The van der Waals surface area contributed by atoms with Crippen molar-refractivity contribution in [3.05, 3.63) is 23.5 Å². The molecule has 2 rings (SSSR count). The Morgan fingerprint density at radius 2 is 1.89 bits per heavy atom. The number of hydrogen-bond donors (Lipinski definition) is 1. The molecule has 1 aromatic rings. The summed E-state index contributed by atoms with van der Waals surface area (Å²) in [5.41, 5.74) is 2.06. The minimum absolute atomic E-state index is 0.247. The van der Waals surface area contributed by atoms with Gasteiger partial charge in [0.1, 0.15) is 5.75 Å². The highest BCUT2D eigenvalue weighted by Crippen LogP contribution is 2.15. The first-order chi connectivity index (χ1) is 9.21. The molecule has 0 saturated carbocycles. The van der Waals surface area contributed by atoms with Crippen LogP contribution in [0.1, 0.15) is 11.4 Å². The number of aliphatic hydroxyl groups excluding tert-OH is 1. The lowest BCUT2D eigenvalue weighted by atomic mass is 10.2. The van der Waals surface area contributed by atoms with Crippen molar-refractivity contribution in [2.24, 2.45) is 0 Å². The van der Waals surface area contributed by atoms with Crippen LogP contribution < -0.4 is 4.74 Å². The Hall–Kier alpha value is -1.17. The Morgan fingerprint density at radius 1 is 1.21 bits per heavy atom. The van der Waals surface area contributed by atoms with Gasteiger partial charge in [0, 0.05) is 57.1 Å². The van der Waals surface area contributed by atoms with E-state index in [0.29, 0.717) is 0 Å². The van der Waals surface area contributed by atoms with E-state index < -0.39 is 0 Å². The molecule has 5 nitrogen and oxygen atoms in total. The third-order valence-electron chi connectivity index (χ3n) is 3.48. The molecule has 0 atom stereocenters. The number of β-amino-alcohol motifs (C(OH)–C–C–N with tert-alkyl or cyclic N) is 1. The normalized spacial score (nSPS) is 17.6. The van der Waals surface area contributed by atoms with Crippen LogP contribution >= 0.6 is 0 Å². The predicted molar refractivity (Wildman–Crippen MR) is 74.3 cm³/mol. The Bertz CT molecular complexity index is 404. The van der Waals surface area contributed by atoms with Crippen molar-refractivity contribution in [1.82, 2.24) is 14.8 Å². The molecule has 1 fully saturated rings. The van der Waals surface area contributed by atoms with Crippen LogP contribution in [-0.2, 0) is 6.54 Å². The molecule has 0 spiro atoms. The van der Waals surface area contributed by atoms with Crippen molar-refractivity contribution < 1.29 is 9.84 Å². The fourth-order valence-corrected chi connectivity index (χ4v) is 2.44. The molecule has 0 aliphatic carbocycles. The van der Waals surface area contributed by atoms with Gasteiger partial charge in [0.15, 0.2) is 0 Å². The van der Waals surface area contributed by atoms with Crippen molar-refractivity contribution in [1.29, 1.82) is 0 Å². The minimum atomic E-state index is 0.247. The minimum Gasteiger partial charge on any atom is -0.497 e. The molecule has 0 bridgehead atoms. The number of rotatable bonds is 5. The van der Waals surface area contributed by atoms with Gasteiger partial charge >= 0.3 is 0 Å². The number of aliphatic hydroxyl groups is 1. The van der Waals surface area contributed by atoms with Gasteiger partial charge in [-0.25, -0.2) is 0 Å². The SMILES string of the molecule is COc1cc(C)nc(CN2CCN(CCO)CC2)c1. The van der Waals surface area contributed by atoms with Crippen LogP contribution in [0.3, 0.4) is 0 Å². The van der Waals surface area contributed by atoms with E-state index in [0.717, 1.165) is 56.4 Å². The smallest absolute Gasteiger partial charge is 0.122 e. The van der Waals surface area contributed by atoms with Crippen LogP contribution in [-0.4, -0.2) is 66.3 Å². The fraction of sp³-hybridized carbons (Fsp3) is 0.643. The van der Waals surface area contributed by atoms with Crippen molar-refractivity contribution >= 4 is 0 Å². The summed E-state index contributed by atoms with van der Waals surface area (Å²) in [6.45, 7) is 7.97. The second kappa shape index (κ2) is 6.84. The molecule has 2 heterocycles. The van der Waals surface area contributed by atoms with E-state index in [2.05, 4.69) is 14.8 Å². The van der Waals surface area contributed by atoms with Crippen molar-refractivity contribution in [3.63, 3.8) is 0 Å². The number of piperazine rings is 1. The Kier molecular flexibility index (Phi) is 5.13. The molecule has 1 saturated heterocycles. The third kappa shape index (κ3) is 4.16. The summed E-state index contributed by atoms with van der Waals surface area (Å²) < 4.78 is 5.28. The summed E-state index contributed by atoms with van der Waals surface area (Å²) in [6.07, 6.45) is 0. The summed E-state index contributed by atoms with van der Waals surface area (Å²) in [7, 11) is 1.69. The maximum absolute atomic E-state index is 8.93. The highest BCUT2D eigenvalue weighted by Gasteiger charge is 2.17. The average molecular weight is 265 g/mol. The largest absolute Gasteiger partial charge is 0.497 e. The molecule has 0 aromatic carbocycles. The second-order valence-corrected chi connectivity index (χ2v) is 4.98. The molecular formula is C14H23N3O2. The molecule has 0 radical (unpaired) electrons. The van der Waals surface area contributed by atoms with E-state index in [1.165, 1.54) is 0 Å². The first-order valence-electron chi connectivity index (χ1n) is 6.78. The average Bonchev–Trinajstić information content (AvgIpc) is 2.40. The Morgan fingerprint density at radius 3 is 2.53 bits per heavy atom. The molecule has 106 valence electrons. The van der Waals surface area contributed by atoms with Crippen molar-refractivity contribution in [2.75, 3.05) is 46.4 Å². The lowest BCUT2D eigenvalue weighted by Crippen LogP contribution is -2.46. The highest BCUT2D eigenvalue weighted by atomic mass is 16.5. The standard InChI is InChI=1S/C14H23N3O2/c1-12-9-14(19-2)10-13(15-12)11-17-5-3-16(4-6-17)7-8-18/h9-10,18H,3-8,11H2,1-2H3. The molecule has 1 aromatic heterocycles. The summed E-state index contributed by atoms with van der Waals surface area (Å²) in [5.74, 6) is 0.876. The van der Waals surface area contributed by atoms with Crippen LogP contribution in [0.2, 0.25) is 0 Å². The number of methoxy groups -OCH3 is 1. The van der Waals surface area contributed by atoms with E-state index in [1.54, 1.807) is 7.11 Å². The van der Waals surface area contributed by atoms with Crippen molar-refractivity contribution in [2.45, 2.75) is 13.5 Å². The summed E-state index contributed by atoms with van der Waals surface area (Å²) in [5, 5.41) is 8.93. The van der Waals surface area contributed by atoms with Crippen LogP contribution in [0, 0.1) is 6.92 Å². The molecule has 0 amide bonds. The van der Waals surface area contributed by atoms with Gasteiger partial charge in [-0.15, -0.1) is 0 Å². The topological polar surface area (TPSA) is 48.8 Å². The molecular weight excluding hydrogens is 242 g/mol. The zero-order valence-corrected chi connectivity index (χ0v) is 11.8. The number of pyridine rings is 1. The van der Waals surface area contributed by atoms with Gasteiger partial charge in [0.2, 0.25) is 0 Å². The zero-order valence-electron chi connectivity index (χ0n) is 11.8.